The van der Waals surface area contributed by atoms with Crippen LogP contribution < -0.4 is 0 Å². The Morgan fingerprint density at radius 1 is 1.13 bits per heavy atom. The molecule has 3 rings (SSSR count). The van der Waals surface area contributed by atoms with Crippen LogP contribution in [0, 0.1) is 0 Å². The molecule has 0 radical (unpaired) electrons. The molecule has 4 nitrogen and oxygen atoms in total. The normalized spacial score (nSPS) is 16.3. The van der Waals surface area contributed by atoms with E-state index in [0.717, 1.165) is 5.56 Å². The summed E-state index contributed by atoms with van der Waals surface area (Å²) >= 11 is 6.49. The van der Waals surface area contributed by atoms with E-state index in [-0.39, 0.29) is 17.4 Å². The number of carbonyl (C=O) groups is 1. The molecule has 1 heterocycles. The van der Waals surface area contributed by atoms with E-state index in [9.17, 15) is 15.0 Å². The zero-order valence-electron chi connectivity index (χ0n) is 12.0. The van der Waals surface area contributed by atoms with Gasteiger partial charge in [0.1, 0.15) is 15.8 Å². The molecule has 0 spiro atoms. The van der Waals surface area contributed by atoms with Gasteiger partial charge in [-0.1, -0.05) is 54.3 Å². The first-order valence-electron chi connectivity index (χ1n) is 6.86. The minimum absolute atomic E-state index is 0.0312. The van der Waals surface area contributed by atoms with E-state index in [1.807, 2.05) is 30.3 Å². The molecular formula is C17H13NO3S2. The number of hydrogen-bond donors (Lipinski definition) is 2. The molecule has 1 amide bonds. The highest BCUT2D eigenvalue weighted by molar-refractivity contribution is 8.26. The number of amides is 1. The van der Waals surface area contributed by atoms with Crippen molar-refractivity contribution in [2.45, 2.75) is 6.54 Å². The summed E-state index contributed by atoms with van der Waals surface area (Å²) in [5.74, 6) is -0.300. The maximum Gasteiger partial charge on any atom is 0.266 e. The first kappa shape index (κ1) is 15.6. The predicted molar refractivity (Wildman–Crippen MR) is 94.9 cm³/mol. The van der Waals surface area contributed by atoms with Crippen molar-refractivity contribution in [1.82, 2.24) is 4.90 Å². The van der Waals surface area contributed by atoms with Gasteiger partial charge < -0.3 is 10.2 Å². The third-order valence-electron chi connectivity index (χ3n) is 3.36. The molecule has 116 valence electrons. The van der Waals surface area contributed by atoms with Gasteiger partial charge in [-0.15, -0.1) is 0 Å². The lowest BCUT2D eigenvalue weighted by atomic mass is 10.1. The summed E-state index contributed by atoms with van der Waals surface area (Å²) in [5.41, 5.74) is 1.46. The lowest BCUT2D eigenvalue weighted by Gasteiger charge is -2.14. The van der Waals surface area contributed by atoms with Gasteiger partial charge in [0.2, 0.25) is 0 Å². The smallest absolute Gasteiger partial charge is 0.266 e. The van der Waals surface area contributed by atoms with Crippen molar-refractivity contribution in [1.29, 1.82) is 0 Å². The fraction of sp³-hybridized carbons (Fsp3) is 0.0588. The number of thiocarbonyl (C=S) groups is 1. The van der Waals surface area contributed by atoms with Crippen LogP contribution in [-0.4, -0.2) is 25.3 Å². The lowest BCUT2D eigenvalue weighted by molar-refractivity contribution is -0.122. The van der Waals surface area contributed by atoms with Gasteiger partial charge in [-0.05, 0) is 23.8 Å². The van der Waals surface area contributed by atoms with Gasteiger partial charge >= 0.3 is 0 Å². The van der Waals surface area contributed by atoms with Gasteiger partial charge in [-0.2, -0.15) is 0 Å². The molecule has 1 aliphatic rings. The molecule has 1 saturated heterocycles. The van der Waals surface area contributed by atoms with E-state index in [0.29, 0.717) is 21.3 Å². The topological polar surface area (TPSA) is 60.8 Å². The highest BCUT2D eigenvalue weighted by Gasteiger charge is 2.32. The van der Waals surface area contributed by atoms with E-state index in [1.54, 1.807) is 17.0 Å². The Morgan fingerprint density at radius 2 is 1.87 bits per heavy atom. The molecule has 2 aromatic rings. The van der Waals surface area contributed by atoms with Gasteiger partial charge in [0.15, 0.2) is 0 Å². The zero-order chi connectivity index (χ0) is 16.4. The SMILES string of the molecule is O=C1/C(=C/c2ccc(O)cc2O)SC(=S)N1Cc1ccccc1. The van der Waals surface area contributed by atoms with Crippen molar-refractivity contribution in [3.63, 3.8) is 0 Å². The number of nitrogens with zero attached hydrogens (tertiary/aromatic N) is 1. The summed E-state index contributed by atoms with van der Waals surface area (Å²) < 4.78 is 0.489. The average molecular weight is 343 g/mol. The number of aromatic hydroxyl groups is 2. The van der Waals surface area contributed by atoms with Crippen LogP contribution >= 0.6 is 24.0 Å². The van der Waals surface area contributed by atoms with Crippen LogP contribution in [0.4, 0.5) is 0 Å². The van der Waals surface area contributed by atoms with E-state index >= 15 is 0 Å². The molecule has 2 aromatic carbocycles. The van der Waals surface area contributed by atoms with Crippen LogP contribution in [0.15, 0.2) is 53.4 Å². The molecule has 0 atom stereocenters. The predicted octanol–water partition coefficient (Wildman–Crippen LogP) is 3.50. The largest absolute Gasteiger partial charge is 0.508 e. The maximum atomic E-state index is 12.5. The number of hydrogen-bond acceptors (Lipinski definition) is 5. The minimum Gasteiger partial charge on any atom is -0.508 e. The second-order valence-corrected chi connectivity index (χ2v) is 6.67. The molecule has 1 aliphatic heterocycles. The van der Waals surface area contributed by atoms with E-state index in [4.69, 9.17) is 12.2 Å². The molecule has 0 unspecified atom stereocenters. The highest BCUT2D eigenvalue weighted by atomic mass is 32.2. The Balaban J connectivity index is 1.84. The standard InChI is InChI=1S/C17H13NO3S2/c19-13-7-6-12(14(20)9-13)8-15-16(21)18(17(22)23-15)10-11-4-2-1-3-5-11/h1-9,19-20H,10H2/b15-8-. The Hall–Kier alpha value is -2.31. The lowest BCUT2D eigenvalue weighted by Crippen LogP contribution is -2.27. The monoisotopic (exact) mass is 343 g/mol. The Kier molecular flexibility index (Phi) is 4.36. The fourth-order valence-corrected chi connectivity index (χ4v) is 3.44. The minimum atomic E-state index is -0.184. The number of benzene rings is 2. The molecule has 0 saturated carbocycles. The average Bonchev–Trinajstić information content (AvgIpc) is 2.79. The summed E-state index contributed by atoms with van der Waals surface area (Å²) in [5, 5.41) is 19.2. The number of carbonyl (C=O) groups excluding carboxylic acids is 1. The third kappa shape index (κ3) is 3.38. The summed E-state index contributed by atoms with van der Waals surface area (Å²) in [6.45, 7) is 0.421. The van der Waals surface area contributed by atoms with Crippen LogP contribution in [0.1, 0.15) is 11.1 Å². The number of phenols is 2. The second kappa shape index (κ2) is 6.44. The summed E-state index contributed by atoms with van der Waals surface area (Å²) in [6.07, 6.45) is 1.58. The summed E-state index contributed by atoms with van der Waals surface area (Å²) in [7, 11) is 0. The van der Waals surface area contributed by atoms with E-state index in [1.165, 1.54) is 23.9 Å². The Bertz CT molecular complexity index is 803. The fourth-order valence-electron chi connectivity index (χ4n) is 2.20. The maximum absolute atomic E-state index is 12.5. The number of rotatable bonds is 3. The molecule has 1 fully saturated rings. The van der Waals surface area contributed by atoms with Gasteiger partial charge in [0.25, 0.3) is 5.91 Å². The molecule has 2 N–H and O–H groups in total. The van der Waals surface area contributed by atoms with Crippen molar-refractivity contribution in [3.8, 4) is 11.5 Å². The van der Waals surface area contributed by atoms with Crippen LogP contribution in [0.25, 0.3) is 6.08 Å². The quantitative estimate of drug-likeness (QED) is 0.660. The third-order valence-corrected chi connectivity index (χ3v) is 4.74. The first-order valence-corrected chi connectivity index (χ1v) is 8.08. The van der Waals surface area contributed by atoms with Gasteiger partial charge in [-0.3, -0.25) is 9.69 Å². The van der Waals surface area contributed by atoms with Gasteiger partial charge in [0.05, 0.1) is 11.4 Å². The van der Waals surface area contributed by atoms with Crippen molar-refractivity contribution in [2.24, 2.45) is 0 Å². The summed E-state index contributed by atoms with van der Waals surface area (Å²) in [4.78, 5) is 14.5. The molecule has 0 bridgehead atoms. The Labute approximate surface area is 143 Å². The molecule has 0 aliphatic carbocycles. The second-order valence-electron chi connectivity index (χ2n) is 5.00. The molecule has 23 heavy (non-hydrogen) atoms. The zero-order valence-corrected chi connectivity index (χ0v) is 13.6. The first-order chi connectivity index (χ1) is 11.0. The van der Waals surface area contributed by atoms with Gasteiger partial charge in [-0.25, -0.2) is 0 Å². The van der Waals surface area contributed by atoms with Crippen LogP contribution in [0.3, 0.4) is 0 Å². The molecule has 6 heteroatoms. The molecule has 0 aromatic heterocycles. The van der Waals surface area contributed by atoms with Crippen molar-refractivity contribution >= 4 is 40.3 Å². The molecular weight excluding hydrogens is 330 g/mol. The van der Waals surface area contributed by atoms with Crippen LogP contribution in [0.2, 0.25) is 0 Å². The Morgan fingerprint density at radius 3 is 2.57 bits per heavy atom. The van der Waals surface area contributed by atoms with E-state index < -0.39 is 0 Å². The number of thioether (sulfide) groups is 1. The van der Waals surface area contributed by atoms with Crippen LogP contribution in [0.5, 0.6) is 11.5 Å². The van der Waals surface area contributed by atoms with Crippen molar-refractivity contribution < 1.29 is 15.0 Å². The van der Waals surface area contributed by atoms with Crippen molar-refractivity contribution in [3.05, 3.63) is 64.6 Å². The van der Waals surface area contributed by atoms with Crippen LogP contribution in [-0.2, 0) is 11.3 Å². The summed E-state index contributed by atoms with van der Waals surface area (Å²) in [6, 6.07) is 13.9. The van der Waals surface area contributed by atoms with Gasteiger partial charge in [0, 0.05) is 11.6 Å². The van der Waals surface area contributed by atoms with Crippen molar-refractivity contribution in [2.75, 3.05) is 0 Å². The highest BCUT2D eigenvalue weighted by Crippen LogP contribution is 2.35. The number of phenolic OH excluding ortho intramolecular Hbond substituents is 2. The van der Waals surface area contributed by atoms with E-state index in [2.05, 4.69) is 0 Å².